The molecule has 1 aromatic carbocycles. The standard InChI is InChI=1S/C17H23N3O5S/c1-4-5-10-26(23,24)20-12(2)17(22)25-13(3)16(21)19-15-9-7-6-8-14(15)11-18/h6-9,12-13,20H,4-5,10H2,1-3H3,(H,19,21)/t12-,13-/m0/s1. The number of nitrogens with zero attached hydrogens (tertiary/aromatic N) is 1. The van der Waals surface area contributed by atoms with E-state index in [1.807, 2.05) is 13.0 Å². The van der Waals surface area contributed by atoms with Gasteiger partial charge in [0.1, 0.15) is 12.1 Å². The van der Waals surface area contributed by atoms with Gasteiger partial charge in [0.25, 0.3) is 5.91 Å². The minimum absolute atomic E-state index is 0.0812. The number of ether oxygens (including phenoxy) is 1. The number of benzene rings is 1. The summed E-state index contributed by atoms with van der Waals surface area (Å²) in [6.45, 7) is 4.57. The van der Waals surface area contributed by atoms with Crippen LogP contribution < -0.4 is 10.0 Å². The first-order valence-electron chi connectivity index (χ1n) is 8.20. The summed E-state index contributed by atoms with van der Waals surface area (Å²) >= 11 is 0. The molecule has 0 radical (unpaired) electrons. The van der Waals surface area contributed by atoms with Gasteiger partial charge in [0, 0.05) is 0 Å². The molecule has 142 valence electrons. The van der Waals surface area contributed by atoms with Crippen molar-refractivity contribution in [2.24, 2.45) is 0 Å². The van der Waals surface area contributed by atoms with Crippen LogP contribution in [0.3, 0.4) is 0 Å². The number of unbranched alkanes of at least 4 members (excludes halogenated alkanes) is 1. The number of rotatable bonds is 9. The maximum atomic E-state index is 12.1. The molecule has 0 aliphatic carbocycles. The fraction of sp³-hybridized carbons (Fsp3) is 0.471. The Morgan fingerprint density at radius 1 is 1.27 bits per heavy atom. The lowest BCUT2D eigenvalue weighted by Gasteiger charge is -2.18. The predicted octanol–water partition coefficient (Wildman–Crippen LogP) is 1.54. The summed E-state index contributed by atoms with van der Waals surface area (Å²) in [5.41, 5.74) is 0.577. The third kappa shape index (κ3) is 6.82. The number of sulfonamides is 1. The molecule has 0 saturated carbocycles. The fourth-order valence-corrected chi connectivity index (χ4v) is 3.39. The summed E-state index contributed by atoms with van der Waals surface area (Å²) in [6.07, 6.45) is 0.0341. The minimum Gasteiger partial charge on any atom is -0.451 e. The van der Waals surface area contributed by atoms with Crippen LogP contribution in [-0.4, -0.2) is 38.2 Å². The molecule has 0 fully saturated rings. The number of carbonyl (C=O) groups excluding carboxylic acids is 2. The molecular weight excluding hydrogens is 358 g/mol. The van der Waals surface area contributed by atoms with Crippen molar-refractivity contribution in [2.75, 3.05) is 11.1 Å². The highest BCUT2D eigenvalue weighted by molar-refractivity contribution is 7.89. The zero-order chi connectivity index (χ0) is 19.7. The number of hydrogen-bond donors (Lipinski definition) is 2. The van der Waals surface area contributed by atoms with E-state index in [1.165, 1.54) is 13.8 Å². The highest BCUT2D eigenvalue weighted by Gasteiger charge is 2.25. The highest BCUT2D eigenvalue weighted by atomic mass is 32.2. The molecule has 1 aromatic rings. The summed E-state index contributed by atoms with van der Waals surface area (Å²) < 4.78 is 30.8. The van der Waals surface area contributed by atoms with Crippen LogP contribution in [0.4, 0.5) is 5.69 Å². The number of nitriles is 1. The lowest BCUT2D eigenvalue weighted by atomic mass is 10.2. The van der Waals surface area contributed by atoms with Crippen LogP contribution in [0.15, 0.2) is 24.3 Å². The van der Waals surface area contributed by atoms with Gasteiger partial charge in [-0.25, -0.2) is 13.1 Å². The third-order valence-corrected chi connectivity index (χ3v) is 4.98. The minimum atomic E-state index is -3.59. The van der Waals surface area contributed by atoms with Gasteiger partial charge < -0.3 is 10.1 Å². The summed E-state index contributed by atoms with van der Waals surface area (Å²) in [6, 6.07) is 7.23. The van der Waals surface area contributed by atoms with E-state index in [9.17, 15) is 18.0 Å². The Labute approximate surface area is 153 Å². The van der Waals surface area contributed by atoms with Gasteiger partial charge >= 0.3 is 5.97 Å². The van der Waals surface area contributed by atoms with Crippen molar-refractivity contribution in [3.05, 3.63) is 29.8 Å². The van der Waals surface area contributed by atoms with Crippen LogP contribution in [-0.2, 0) is 24.3 Å². The molecule has 1 amide bonds. The molecule has 0 aromatic heterocycles. The number of esters is 1. The lowest BCUT2D eigenvalue weighted by Crippen LogP contribution is -2.43. The first-order valence-corrected chi connectivity index (χ1v) is 9.86. The van der Waals surface area contributed by atoms with Gasteiger partial charge in [-0.1, -0.05) is 25.5 Å². The average Bonchev–Trinajstić information content (AvgIpc) is 2.59. The second kappa shape index (κ2) is 9.89. The van der Waals surface area contributed by atoms with Gasteiger partial charge in [-0.15, -0.1) is 0 Å². The summed E-state index contributed by atoms with van der Waals surface area (Å²) in [5.74, 6) is -1.56. The van der Waals surface area contributed by atoms with Crippen molar-refractivity contribution in [3.8, 4) is 6.07 Å². The smallest absolute Gasteiger partial charge is 0.324 e. The van der Waals surface area contributed by atoms with Crippen LogP contribution in [0.25, 0.3) is 0 Å². The van der Waals surface area contributed by atoms with Crippen molar-refractivity contribution >= 4 is 27.6 Å². The number of carbonyl (C=O) groups is 2. The van der Waals surface area contributed by atoms with Crippen molar-refractivity contribution in [1.82, 2.24) is 4.72 Å². The van der Waals surface area contributed by atoms with E-state index in [0.717, 1.165) is 0 Å². The molecule has 9 heteroatoms. The molecule has 2 atom stereocenters. The Bertz CT molecular complexity index is 786. The Hall–Kier alpha value is -2.44. The maximum Gasteiger partial charge on any atom is 0.324 e. The van der Waals surface area contributed by atoms with E-state index >= 15 is 0 Å². The van der Waals surface area contributed by atoms with Crippen molar-refractivity contribution in [3.63, 3.8) is 0 Å². The Morgan fingerprint density at radius 3 is 2.54 bits per heavy atom. The summed E-state index contributed by atoms with van der Waals surface area (Å²) in [5, 5.41) is 11.5. The summed E-state index contributed by atoms with van der Waals surface area (Å²) in [7, 11) is -3.59. The molecule has 1 rings (SSSR count). The van der Waals surface area contributed by atoms with Gasteiger partial charge in [0.2, 0.25) is 10.0 Å². The molecule has 26 heavy (non-hydrogen) atoms. The fourth-order valence-electron chi connectivity index (χ4n) is 1.96. The third-order valence-electron chi connectivity index (χ3n) is 3.44. The molecular formula is C17H23N3O5S. The predicted molar refractivity (Wildman–Crippen MR) is 96.6 cm³/mol. The van der Waals surface area contributed by atoms with Crippen LogP contribution in [0.1, 0.15) is 39.2 Å². The number of amides is 1. The quantitative estimate of drug-likeness (QED) is 0.625. The van der Waals surface area contributed by atoms with Crippen molar-refractivity contribution in [1.29, 1.82) is 5.26 Å². The highest BCUT2D eigenvalue weighted by Crippen LogP contribution is 2.14. The molecule has 0 spiro atoms. The molecule has 0 unspecified atom stereocenters. The van der Waals surface area contributed by atoms with Crippen LogP contribution in [0, 0.1) is 11.3 Å². The SMILES string of the molecule is CCCCS(=O)(=O)N[C@@H](C)C(=O)O[C@@H](C)C(=O)Nc1ccccc1C#N. The topological polar surface area (TPSA) is 125 Å². The largest absolute Gasteiger partial charge is 0.451 e. The lowest BCUT2D eigenvalue weighted by molar-refractivity contribution is -0.154. The zero-order valence-corrected chi connectivity index (χ0v) is 15.8. The average molecular weight is 381 g/mol. The summed E-state index contributed by atoms with van der Waals surface area (Å²) in [4.78, 5) is 24.1. The van der Waals surface area contributed by atoms with Crippen LogP contribution >= 0.6 is 0 Å². The van der Waals surface area contributed by atoms with Gasteiger partial charge in [-0.2, -0.15) is 5.26 Å². The van der Waals surface area contributed by atoms with Gasteiger partial charge in [-0.3, -0.25) is 9.59 Å². The second-order valence-electron chi connectivity index (χ2n) is 5.74. The molecule has 2 N–H and O–H groups in total. The van der Waals surface area contributed by atoms with Gasteiger partial charge in [0.05, 0.1) is 17.0 Å². The molecule has 0 bridgehead atoms. The normalized spacial score (nSPS) is 13.3. The Balaban J connectivity index is 2.63. The molecule has 0 aliphatic rings. The van der Waals surface area contributed by atoms with E-state index < -0.39 is 34.0 Å². The number of para-hydroxylation sites is 1. The van der Waals surface area contributed by atoms with E-state index in [2.05, 4.69) is 10.0 Å². The maximum absolute atomic E-state index is 12.1. The monoisotopic (exact) mass is 381 g/mol. The van der Waals surface area contributed by atoms with Crippen LogP contribution in [0.2, 0.25) is 0 Å². The van der Waals surface area contributed by atoms with Crippen molar-refractivity contribution < 1.29 is 22.7 Å². The van der Waals surface area contributed by atoms with Gasteiger partial charge in [-0.05, 0) is 32.4 Å². The number of nitrogens with one attached hydrogen (secondary N) is 2. The Morgan fingerprint density at radius 2 is 1.92 bits per heavy atom. The first-order chi connectivity index (χ1) is 12.2. The van der Waals surface area contributed by atoms with E-state index in [4.69, 9.17) is 10.00 Å². The second-order valence-corrected chi connectivity index (χ2v) is 7.61. The van der Waals surface area contributed by atoms with Crippen molar-refractivity contribution in [2.45, 2.75) is 45.8 Å². The molecule has 8 nitrogen and oxygen atoms in total. The zero-order valence-electron chi connectivity index (χ0n) is 15.0. The number of anilines is 1. The van der Waals surface area contributed by atoms with Gasteiger partial charge in [0.15, 0.2) is 6.10 Å². The Kier molecular flexibility index (Phi) is 8.22. The van der Waals surface area contributed by atoms with Crippen LogP contribution in [0.5, 0.6) is 0 Å². The number of hydrogen-bond acceptors (Lipinski definition) is 6. The van der Waals surface area contributed by atoms with E-state index in [-0.39, 0.29) is 11.3 Å². The van der Waals surface area contributed by atoms with E-state index in [0.29, 0.717) is 18.5 Å². The van der Waals surface area contributed by atoms with E-state index in [1.54, 1.807) is 24.3 Å². The first kappa shape index (κ1) is 21.6. The molecule has 0 heterocycles. The molecule has 0 saturated heterocycles. The molecule has 0 aliphatic heterocycles.